The molecule has 0 saturated carbocycles. The minimum absolute atomic E-state index is 0.0559. The molecule has 5 heteroatoms. The Balaban J connectivity index is 2.66. The molecule has 0 spiro atoms. The van der Waals surface area contributed by atoms with Crippen molar-refractivity contribution in [2.24, 2.45) is 0 Å². The van der Waals surface area contributed by atoms with E-state index in [1.54, 1.807) is 23.1 Å². The zero-order chi connectivity index (χ0) is 14.3. The van der Waals surface area contributed by atoms with Gasteiger partial charge in [-0.2, -0.15) is 0 Å². The van der Waals surface area contributed by atoms with Gasteiger partial charge < -0.3 is 14.7 Å². The summed E-state index contributed by atoms with van der Waals surface area (Å²) in [6.45, 7) is 4.87. The number of ether oxygens (including phenoxy) is 1. The number of carboxylic acid groups (broad SMARTS) is 1. The summed E-state index contributed by atoms with van der Waals surface area (Å²) in [7, 11) is 0. The Bertz CT molecular complexity index is 441. The van der Waals surface area contributed by atoms with Crippen molar-refractivity contribution >= 4 is 11.9 Å². The van der Waals surface area contributed by atoms with E-state index in [1.165, 1.54) is 0 Å². The lowest BCUT2D eigenvalue weighted by molar-refractivity contribution is -0.139. The van der Waals surface area contributed by atoms with Gasteiger partial charge in [-0.25, -0.2) is 4.79 Å². The third kappa shape index (κ3) is 4.99. The lowest BCUT2D eigenvalue weighted by atomic mass is 10.1. The van der Waals surface area contributed by atoms with Crippen molar-refractivity contribution in [1.82, 2.24) is 4.90 Å². The second-order valence-electron chi connectivity index (χ2n) is 4.07. The summed E-state index contributed by atoms with van der Waals surface area (Å²) in [5.74, 6) is -0.503. The maximum Gasteiger partial charge on any atom is 0.341 e. The van der Waals surface area contributed by atoms with Gasteiger partial charge in [-0.1, -0.05) is 12.1 Å². The summed E-state index contributed by atoms with van der Waals surface area (Å²) in [4.78, 5) is 24.1. The van der Waals surface area contributed by atoms with E-state index in [-0.39, 0.29) is 12.5 Å². The molecular formula is C14H19NO4. The van der Waals surface area contributed by atoms with Crippen molar-refractivity contribution in [3.05, 3.63) is 29.8 Å². The van der Waals surface area contributed by atoms with Crippen LogP contribution in [0.25, 0.3) is 0 Å². The van der Waals surface area contributed by atoms with Gasteiger partial charge in [-0.15, -0.1) is 0 Å². The van der Waals surface area contributed by atoms with E-state index in [2.05, 4.69) is 0 Å². The summed E-state index contributed by atoms with van der Waals surface area (Å²) >= 11 is 0. The number of carbonyl (C=O) groups excluding carboxylic acids is 1. The molecule has 0 unspecified atom stereocenters. The summed E-state index contributed by atoms with van der Waals surface area (Å²) in [6, 6.07) is 6.95. The van der Waals surface area contributed by atoms with Gasteiger partial charge in [0, 0.05) is 13.1 Å². The third-order valence-electron chi connectivity index (χ3n) is 2.73. The number of nitrogens with zero attached hydrogens (tertiary/aromatic N) is 1. The number of hydrogen-bond acceptors (Lipinski definition) is 3. The highest BCUT2D eigenvalue weighted by Gasteiger charge is 2.10. The van der Waals surface area contributed by atoms with Crippen LogP contribution in [0, 0.1) is 0 Å². The van der Waals surface area contributed by atoms with E-state index in [0.717, 1.165) is 5.56 Å². The van der Waals surface area contributed by atoms with Crippen molar-refractivity contribution < 1.29 is 19.4 Å². The van der Waals surface area contributed by atoms with Gasteiger partial charge in [-0.05, 0) is 31.5 Å². The Morgan fingerprint density at radius 1 is 1.26 bits per heavy atom. The number of likely N-dealkylation sites (N-methyl/N-ethyl adjacent to an activating group) is 1. The fourth-order valence-electron chi connectivity index (χ4n) is 1.75. The van der Waals surface area contributed by atoms with Crippen molar-refractivity contribution in [3.8, 4) is 5.75 Å². The maximum atomic E-state index is 11.9. The largest absolute Gasteiger partial charge is 0.482 e. The number of hydrogen-bond donors (Lipinski definition) is 1. The number of rotatable bonds is 7. The molecule has 1 aromatic carbocycles. The van der Waals surface area contributed by atoms with Crippen molar-refractivity contribution in [2.75, 3.05) is 19.7 Å². The van der Waals surface area contributed by atoms with Gasteiger partial charge in [-0.3, -0.25) is 4.79 Å². The van der Waals surface area contributed by atoms with Gasteiger partial charge in [0.2, 0.25) is 5.91 Å². The molecule has 0 bridgehead atoms. The van der Waals surface area contributed by atoms with Crippen LogP contribution in [0.2, 0.25) is 0 Å². The fraction of sp³-hybridized carbons (Fsp3) is 0.429. The van der Waals surface area contributed by atoms with Gasteiger partial charge in [0.1, 0.15) is 5.75 Å². The molecular weight excluding hydrogens is 246 g/mol. The SMILES string of the molecule is CCN(CC)C(=O)Cc1cccc(OCC(=O)O)c1. The first-order valence-electron chi connectivity index (χ1n) is 6.28. The summed E-state index contributed by atoms with van der Waals surface area (Å²) in [6.07, 6.45) is 0.298. The average Bonchev–Trinajstić information content (AvgIpc) is 2.38. The van der Waals surface area contributed by atoms with E-state index in [4.69, 9.17) is 9.84 Å². The van der Waals surface area contributed by atoms with Gasteiger partial charge >= 0.3 is 5.97 Å². The molecule has 0 fully saturated rings. The molecule has 1 amide bonds. The summed E-state index contributed by atoms with van der Waals surface area (Å²) < 4.78 is 5.08. The van der Waals surface area contributed by atoms with E-state index in [1.807, 2.05) is 19.9 Å². The standard InChI is InChI=1S/C14H19NO4/c1-3-15(4-2)13(16)9-11-6-5-7-12(8-11)19-10-14(17)18/h5-8H,3-4,9-10H2,1-2H3,(H,17,18). The summed E-state index contributed by atoms with van der Waals surface area (Å²) in [5.41, 5.74) is 0.819. The molecule has 0 aromatic heterocycles. The molecule has 1 N–H and O–H groups in total. The molecule has 104 valence electrons. The topological polar surface area (TPSA) is 66.8 Å². The highest BCUT2D eigenvalue weighted by Crippen LogP contribution is 2.14. The van der Waals surface area contributed by atoms with Crippen molar-refractivity contribution in [2.45, 2.75) is 20.3 Å². The lowest BCUT2D eigenvalue weighted by Gasteiger charge is -2.18. The van der Waals surface area contributed by atoms with Crippen molar-refractivity contribution in [3.63, 3.8) is 0 Å². The highest BCUT2D eigenvalue weighted by atomic mass is 16.5. The minimum atomic E-state index is -1.02. The van der Waals surface area contributed by atoms with E-state index < -0.39 is 5.97 Å². The molecule has 0 saturated heterocycles. The molecule has 0 aliphatic rings. The monoisotopic (exact) mass is 265 g/mol. The second kappa shape index (κ2) is 7.41. The van der Waals surface area contributed by atoms with Crippen LogP contribution in [0.4, 0.5) is 0 Å². The minimum Gasteiger partial charge on any atom is -0.482 e. The molecule has 5 nitrogen and oxygen atoms in total. The van der Waals surface area contributed by atoms with Gasteiger partial charge in [0.15, 0.2) is 6.61 Å². The number of aliphatic carboxylic acids is 1. The van der Waals surface area contributed by atoms with Crippen molar-refractivity contribution in [1.29, 1.82) is 0 Å². The maximum absolute atomic E-state index is 11.9. The Morgan fingerprint density at radius 2 is 1.95 bits per heavy atom. The smallest absolute Gasteiger partial charge is 0.341 e. The molecule has 0 radical (unpaired) electrons. The van der Waals surface area contributed by atoms with Crippen LogP contribution < -0.4 is 4.74 Å². The first-order valence-corrected chi connectivity index (χ1v) is 6.28. The lowest BCUT2D eigenvalue weighted by Crippen LogP contribution is -2.31. The first kappa shape index (κ1) is 15.0. The predicted molar refractivity (Wildman–Crippen MR) is 71.2 cm³/mol. The van der Waals surface area contributed by atoms with Crippen LogP contribution in [0.5, 0.6) is 5.75 Å². The van der Waals surface area contributed by atoms with Gasteiger partial charge in [0.05, 0.1) is 6.42 Å². The Morgan fingerprint density at radius 3 is 2.53 bits per heavy atom. The van der Waals surface area contributed by atoms with Crippen LogP contribution in [0.3, 0.4) is 0 Å². The molecule has 0 heterocycles. The van der Waals surface area contributed by atoms with Crippen LogP contribution in [0.1, 0.15) is 19.4 Å². The molecule has 1 rings (SSSR count). The number of benzene rings is 1. The molecule has 19 heavy (non-hydrogen) atoms. The fourth-order valence-corrected chi connectivity index (χ4v) is 1.75. The second-order valence-corrected chi connectivity index (χ2v) is 4.07. The summed E-state index contributed by atoms with van der Waals surface area (Å²) in [5, 5.41) is 8.54. The first-order chi connectivity index (χ1) is 9.06. The van der Waals surface area contributed by atoms with E-state index in [9.17, 15) is 9.59 Å². The van der Waals surface area contributed by atoms with E-state index >= 15 is 0 Å². The van der Waals surface area contributed by atoms with Crippen LogP contribution >= 0.6 is 0 Å². The third-order valence-corrected chi connectivity index (χ3v) is 2.73. The van der Waals surface area contributed by atoms with Crippen LogP contribution in [-0.4, -0.2) is 41.6 Å². The zero-order valence-electron chi connectivity index (χ0n) is 11.3. The normalized spacial score (nSPS) is 10.0. The number of carboxylic acids is 1. The van der Waals surface area contributed by atoms with Crippen LogP contribution in [0.15, 0.2) is 24.3 Å². The quantitative estimate of drug-likeness (QED) is 0.812. The molecule has 0 atom stereocenters. The average molecular weight is 265 g/mol. The molecule has 0 aliphatic heterocycles. The molecule has 1 aromatic rings. The number of amides is 1. The van der Waals surface area contributed by atoms with E-state index in [0.29, 0.717) is 25.3 Å². The Kier molecular flexibility index (Phi) is 5.85. The predicted octanol–water partition coefficient (Wildman–Crippen LogP) is 1.56. The molecule has 0 aliphatic carbocycles. The number of carbonyl (C=O) groups is 2. The Hall–Kier alpha value is -2.04. The van der Waals surface area contributed by atoms with Gasteiger partial charge in [0.25, 0.3) is 0 Å². The Labute approximate surface area is 112 Å². The zero-order valence-corrected chi connectivity index (χ0v) is 11.3. The highest BCUT2D eigenvalue weighted by molar-refractivity contribution is 5.78. The van der Waals surface area contributed by atoms with Crippen LogP contribution in [-0.2, 0) is 16.0 Å².